The van der Waals surface area contributed by atoms with E-state index in [1.807, 2.05) is 0 Å². The SMILES string of the molecule is C1=Cc2ccccc2N(c2ccc(-c3cc(-c4ccccc4)c(-c4ccc(N5c6ccccc6C=Cc6ccccc65)cc4)c4c5ccccc5c5ccccc5c34)cc2)c2ccccc21. The average molecular weight is 839 g/mol. The number of rotatable bonds is 5. The number of hydrogen-bond acceptors (Lipinski definition) is 2. The summed E-state index contributed by atoms with van der Waals surface area (Å²) in [6, 6.07) is 84.6. The molecule has 0 saturated carbocycles. The van der Waals surface area contributed by atoms with Gasteiger partial charge in [-0.2, -0.15) is 0 Å². The lowest BCUT2D eigenvalue weighted by Crippen LogP contribution is -2.11. The van der Waals surface area contributed by atoms with Crippen LogP contribution < -0.4 is 9.80 Å². The fourth-order valence-electron chi connectivity index (χ4n) is 10.5. The Hall–Kier alpha value is -8.72. The van der Waals surface area contributed by atoms with E-state index in [0.29, 0.717) is 0 Å². The van der Waals surface area contributed by atoms with E-state index in [-0.39, 0.29) is 0 Å². The first-order chi connectivity index (χ1) is 32.8. The first-order valence-corrected chi connectivity index (χ1v) is 22.8. The van der Waals surface area contributed by atoms with Crippen LogP contribution in [0.3, 0.4) is 0 Å². The molecule has 0 radical (unpaired) electrons. The van der Waals surface area contributed by atoms with E-state index in [1.54, 1.807) is 0 Å². The summed E-state index contributed by atoms with van der Waals surface area (Å²) in [5.41, 5.74) is 18.8. The van der Waals surface area contributed by atoms with Gasteiger partial charge in [-0.25, -0.2) is 0 Å². The Balaban J connectivity index is 1.05. The summed E-state index contributed by atoms with van der Waals surface area (Å²) in [5, 5.41) is 7.51. The summed E-state index contributed by atoms with van der Waals surface area (Å²) in [6.45, 7) is 0. The van der Waals surface area contributed by atoms with E-state index in [9.17, 15) is 0 Å². The lowest BCUT2D eigenvalue weighted by atomic mass is 9.81. The lowest BCUT2D eigenvalue weighted by molar-refractivity contribution is 1.28. The van der Waals surface area contributed by atoms with Crippen molar-refractivity contribution in [2.24, 2.45) is 0 Å². The molecule has 0 aliphatic carbocycles. The van der Waals surface area contributed by atoms with Crippen LogP contribution >= 0.6 is 0 Å². The highest BCUT2D eigenvalue weighted by Gasteiger charge is 2.25. The molecule has 2 nitrogen and oxygen atoms in total. The Morgan fingerprint density at radius 1 is 0.242 bits per heavy atom. The number of hydrogen-bond donors (Lipinski definition) is 0. The van der Waals surface area contributed by atoms with Gasteiger partial charge in [-0.3, -0.25) is 0 Å². The van der Waals surface area contributed by atoms with Gasteiger partial charge < -0.3 is 9.80 Å². The molecule has 66 heavy (non-hydrogen) atoms. The monoisotopic (exact) mass is 838 g/mol. The van der Waals surface area contributed by atoms with Crippen molar-refractivity contribution in [1.29, 1.82) is 0 Å². The summed E-state index contributed by atoms with van der Waals surface area (Å²) < 4.78 is 0. The number of nitrogens with zero attached hydrogens (tertiary/aromatic N) is 2. The third kappa shape index (κ3) is 6.11. The molecule has 0 bridgehead atoms. The molecule has 11 aromatic carbocycles. The molecule has 0 fully saturated rings. The van der Waals surface area contributed by atoms with Crippen molar-refractivity contribution < 1.29 is 0 Å². The Bertz CT molecular complexity index is 3650. The normalized spacial score (nSPS) is 12.7. The molecule has 2 heterocycles. The molecule has 308 valence electrons. The first kappa shape index (κ1) is 37.8. The summed E-state index contributed by atoms with van der Waals surface area (Å²) in [7, 11) is 0. The van der Waals surface area contributed by atoms with Gasteiger partial charge >= 0.3 is 0 Å². The summed E-state index contributed by atoms with van der Waals surface area (Å²) >= 11 is 0. The highest BCUT2D eigenvalue weighted by atomic mass is 15.2. The van der Waals surface area contributed by atoms with Gasteiger partial charge in [0.2, 0.25) is 0 Å². The second-order valence-electron chi connectivity index (χ2n) is 17.2. The molecule has 2 aliphatic rings. The zero-order chi connectivity index (χ0) is 43.6. The standard InChI is InChI=1S/C64H42N2/c1-2-16-43(17-3-1)56-42-57(44-34-38-50(39-35-44)65-58-26-12-4-18-45(58)30-31-46-19-5-13-27-59(46)65)63-54-24-10-8-22-52(54)53-23-9-11-25-55(53)64(63)62(56)49-36-40-51(41-37-49)66-60-28-14-6-20-47(60)32-33-48-21-7-15-29-61(48)66/h1-42H. The van der Waals surface area contributed by atoms with Crippen molar-refractivity contribution in [1.82, 2.24) is 0 Å². The Labute approximate surface area is 384 Å². The number of benzene rings is 11. The van der Waals surface area contributed by atoms with Crippen LogP contribution in [0.5, 0.6) is 0 Å². The minimum absolute atomic E-state index is 1.12. The molecule has 0 amide bonds. The highest BCUT2D eigenvalue weighted by molar-refractivity contribution is 6.33. The summed E-state index contributed by atoms with van der Waals surface area (Å²) in [5.74, 6) is 0. The van der Waals surface area contributed by atoms with Crippen molar-refractivity contribution in [3.8, 4) is 33.4 Å². The predicted molar refractivity (Wildman–Crippen MR) is 282 cm³/mol. The Kier molecular flexibility index (Phi) is 8.89. The maximum absolute atomic E-state index is 2.46. The first-order valence-electron chi connectivity index (χ1n) is 22.8. The smallest absolute Gasteiger partial charge is 0.0534 e. The maximum Gasteiger partial charge on any atom is 0.0534 e. The number of fused-ring (bicyclic) bond motifs is 10. The van der Waals surface area contributed by atoms with Crippen molar-refractivity contribution >= 4 is 90.7 Å². The number of anilines is 6. The van der Waals surface area contributed by atoms with Crippen LogP contribution in [0.2, 0.25) is 0 Å². The van der Waals surface area contributed by atoms with E-state index >= 15 is 0 Å². The summed E-state index contributed by atoms with van der Waals surface area (Å²) in [4.78, 5) is 4.80. The molecule has 0 N–H and O–H groups in total. The predicted octanol–water partition coefficient (Wildman–Crippen LogP) is 18.1. The number of para-hydroxylation sites is 4. The fourth-order valence-corrected chi connectivity index (χ4v) is 10.5. The van der Waals surface area contributed by atoms with Gasteiger partial charge in [-0.1, -0.05) is 200 Å². The van der Waals surface area contributed by atoms with E-state index in [1.165, 1.54) is 88.0 Å². The molecule has 13 rings (SSSR count). The zero-order valence-corrected chi connectivity index (χ0v) is 36.1. The topological polar surface area (TPSA) is 6.48 Å². The Morgan fingerprint density at radius 2 is 0.591 bits per heavy atom. The molecule has 0 unspecified atom stereocenters. The molecule has 2 heteroatoms. The fraction of sp³-hybridized carbons (Fsp3) is 0. The molecular weight excluding hydrogens is 797 g/mol. The van der Waals surface area contributed by atoms with Crippen LogP contribution in [0.1, 0.15) is 22.3 Å². The second kappa shape index (κ2) is 15.5. The molecule has 0 atom stereocenters. The van der Waals surface area contributed by atoms with Gasteiger partial charge in [-0.05, 0) is 143 Å². The Morgan fingerprint density at radius 3 is 1.05 bits per heavy atom. The van der Waals surface area contributed by atoms with Gasteiger partial charge in [0.1, 0.15) is 0 Å². The molecular formula is C64H42N2. The third-order valence-corrected chi connectivity index (χ3v) is 13.5. The van der Waals surface area contributed by atoms with Gasteiger partial charge in [0.15, 0.2) is 0 Å². The average Bonchev–Trinajstić information content (AvgIpc) is 3.67. The van der Waals surface area contributed by atoms with E-state index in [4.69, 9.17) is 0 Å². The minimum Gasteiger partial charge on any atom is -0.309 e. The zero-order valence-electron chi connectivity index (χ0n) is 36.1. The van der Waals surface area contributed by atoms with Crippen LogP contribution in [0, 0.1) is 0 Å². The second-order valence-corrected chi connectivity index (χ2v) is 17.2. The van der Waals surface area contributed by atoms with Crippen LogP contribution in [-0.4, -0.2) is 0 Å². The van der Waals surface area contributed by atoms with Gasteiger partial charge in [-0.15, -0.1) is 0 Å². The van der Waals surface area contributed by atoms with Crippen LogP contribution in [0.25, 0.3) is 90.0 Å². The van der Waals surface area contributed by atoms with Crippen molar-refractivity contribution in [2.45, 2.75) is 0 Å². The van der Waals surface area contributed by atoms with E-state index in [2.05, 4.69) is 265 Å². The van der Waals surface area contributed by atoms with Gasteiger partial charge in [0.05, 0.1) is 22.7 Å². The lowest BCUT2D eigenvalue weighted by Gasteiger charge is -2.28. The van der Waals surface area contributed by atoms with Gasteiger partial charge in [0, 0.05) is 11.4 Å². The molecule has 0 aromatic heterocycles. The minimum atomic E-state index is 1.12. The summed E-state index contributed by atoms with van der Waals surface area (Å²) in [6.07, 6.45) is 8.93. The quantitative estimate of drug-likeness (QED) is 0.159. The van der Waals surface area contributed by atoms with Crippen molar-refractivity contribution in [3.63, 3.8) is 0 Å². The molecule has 2 aliphatic heterocycles. The largest absolute Gasteiger partial charge is 0.309 e. The highest BCUT2D eigenvalue weighted by Crippen LogP contribution is 2.51. The van der Waals surface area contributed by atoms with Crippen LogP contribution in [0.15, 0.2) is 231 Å². The maximum atomic E-state index is 2.46. The third-order valence-electron chi connectivity index (χ3n) is 13.5. The molecule has 11 aromatic rings. The van der Waals surface area contributed by atoms with Gasteiger partial charge in [0.25, 0.3) is 0 Å². The van der Waals surface area contributed by atoms with Crippen LogP contribution in [0.4, 0.5) is 34.1 Å². The van der Waals surface area contributed by atoms with E-state index in [0.717, 1.165) is 34.1 Å². The van der Waals surface area contributed by atoms with Crippen molar-refractivity contribution in [3.05, 3.63) is 253 Å². The van der Waals surface area contributed by atoms with Crippen LogP contribution in [-0.2, 0) is 0 Å². The molecule has 0 saturated heterocycles. The van der Waals surface area contributed by atoms with E-state index < -0.39 is 0 Å². The van der Waals surface area contributed by atoms with Crippen molar-refractivity contribution in [2.75, 3.05) is 9.80 Å². The molecule has 0 spiro atoms.